The highest BCUT2D eigenvalue weighted by molar-refractivity contribution is 6.14. The highest BCUT2D eigenvalue weighted by atomic mass is 16.3. The Hall–Kier alpha value is -5.08. The lowest BCUT2D eigenvalue weighted by Crippen LogP contribution is -2.14. The molecule has 0 amide bonds. The fraction of sp³-hybridized carbons (Fsp3) is 0.0769. The summed E-state index contributed by atoms with van der Waals surface area (Å²) in [5.41, 5.74) is 13.2. The van der Waals surface area contributed by atoms with Gasteiger partial charge in [0.05, 0.1) is 11.0 Å². The molecule has 8 aromatic rings. The Kier molecular flexibility index (Phi) is 4.42. The van der Waals surface area contributed by atoms with Gasteiger partial charge >= 0.3 is 0 Å². The molecule has 0 saturated heterocycles. The van der Waals surface area contributed by atoms with Crippen molar-refractivity contribution >= 4 is 43.7 Å². The van der Waals surface area contributed by atoms with Crippen molar-refractivity contribution in [2.45, 2.75) is 19.3 Å². The molecule has 0 atom stereocenters. The maximum atomic E-state index is 6.51. The van der Waals surface area contributed by atoms with Gasteiger partial charge < -0.3 is 8.98 Å². The molecule has 2 aromatic heterocycles. The predicted octanol–water partition coefficient (Wildman–Crippen LogP) is 10.7. The topological polar surface area (TPSA) is 18.1 Å². The van der Waals surface area contributed by atoms with E-state index < -0.39 is 0 Å². The van der Waals surface area contributed by atoms with Gasteiger partial charge in [0.1, 0.15) is 11.2 Å². The van der Waals surface area contributed by atoms with E-state index in [9.17, 15) is 0 Å². The standard InChI is InChI=1S/C39H27NO/c1-39(2)32-14-6-3-10-27(32)30-22-31-37(23-33(30)39)41-36-17-9-13-26(38(31)36)24-18-20-25(21-19-24)40-34-15-7-4-11-28(34)29-12-5-8-16-35(29)40/h3-23H,1-2H3. The molecule has 2 heterocycles. The number of rotatable bonds is 2. The number of hydrogen-bond acceptors (Lipinski definition) is 1. The Labute approximate surface area is 238 Å². The maximum absolute atomic E-state index is 6.51. The molecule has 1 aliphatic carbocycles. The SMILES string of the molecule is CC1(C)c2ccccc2-c2cc3c(cc21)oc1cccc(-c2ccc(-n4c5ccccc5c5ccccc54)cc2)c13. The third-order valence-corrected chi connectivity index (χ3v) is 9.22. The number of furan rings is 1. The molecular weight excluding hydrogens is 498 g/mol. The summed E-state index contributed by atoms with van der Waals surface area (Å²) in [4.78, 5) is 0. The first-order valence-electron chi connectivity index (χ1n) is 14.3. The molecule has 0 fully saturated rings. The smallest absolute Gasteiger partial charge is 0.136 e. The average Bonchev–Trinajstić information content (AvgIpc) is 3.62. The van der Waals surface area contributed by atoms with Crippen LogP contribution in [0, 0.1) is 0 Å². The normalized spacial score (nSPS) is 13.8. The van der Waals surface area contributed by atoms with E-state index in [4.69, 9.17) is 4.42 Å². The van der Waals surface area contributed by atoms with Crippen LogP contribution in [0.2, 0.25) is 0 Å². The van der Waals surface area contributed by atoms with Crippen LogP contribution in [0.1, 0.15) is 25.0 Å². The van der Waals surface area contributed by atoms with E-state index in [1.54, 1.807) is 0 Å². The molecule has 194 valence electrons. The van der Waals surface area contributed by atoms with Gasteiger partial charge in [-0.3, -0.25) is 0 Å². The zero-order valence-corrected chi connectivity index (χ0v) is 23.0. The van der Waals surface area contributed by atoms with E-state index in [1.165, 1.54) is 66.0 Å². The van der Waals surface area contributed by atoms with Crippen LogP contribution < -0.4 is 0 Å². The predicted molar refractivity (Wildman–Crippen MR) is 171 cm³/mol. The third-order valence-electron chi connectivity index (χ3n) is 9.22. The summed E-state index contributed by atoms with van der Waals surface area (Å²) in [7, 11) is 0. The summed E-state index contributed by atoms with van der Waals surface area (Å²) in [6.45, 7) is 4.63. The van der Waals surface area contributed by atoms with Gasteiger partial charge in [0.2, 0.25) is 0 Å². The minimum absolute atomic E-state index is 0.0510. The van der Waals surface area contributed by atoms with Gasteiger partial charge in [0.15, 0.2) is 0 Å². The third kappa shape index (κ3) is 3.02. The van der Waals surface area contributed by atoms with Gasteiger partial charge in [-0.25, -0.2) is 0 Å². The van der Waals surface area contributed by atoms with E-state index in [1.807, 2.05) is 0 Å². The second-order valence-electron chi connectivity index (χ2n) is 11.8. The van der Waals surface area contributed by atoms with E-state index in [0.29, 0.717) is 0 Å². The number of para-hydroxylation sites is 2. The number of hydrogen-bond donors (Lipinski definition) is 0. The molecule has 0 bridgehead atoms. The largest absolute Gasteiger partial charge is 0.456 e. The Balaban J connectivity index is 1.23. The zero-order chi connectivity index (χ0) is 27.3. The van der Waals surface area contributed by atoms with Crippen molar-refractivity contribution in [3.8, 4) is 27.9 Å². The van der Waals surface area contributed by atoms with Crippen LogP contribution >= 0.6 is 0 Å². The van der Waals surface area contributed by atoms with Gasteiger partial charge in [-0.05, 0) is 75.8 Å². The van der Waals surface area contributed by atoms with Crippen molar-refractivity contribution in [2.75, 3.05) is 0 Å². The maximum Gasteiger partial charge on any atom is 0.136 e. The van der Waals surface area contributed by atoms with Gasteiger partial charge in [-0.15, -0.1) is 0 Å². The molecule has 0 spiro atoms. The van der Waals surface area contributed by atoms with Crippen LogP contribution in [-0.4, -0.2) is 4.57 Å². The first-order valence-corrected chi connectivity index (χ1v) is 14.3. The Morgan fingerprint density at radius 2 is 1.17 bits per heavy atom. The summed E-state index contributed by atoms with van der Waals surface area (Å²) >= 11 is 0. The second-order valence-corrected chi connectivity index (χ2v) is 11.8. The molecule has 41 heavy (non-hydrogen) atoms. The monoisotopic (exact) mass is 525 g/mol. The Bertz CT molecular complexity index is 2280. The molecule has 0 radical (unpaired) electrons. The van der Waals surface area contributed by atoms with Gasteiger partial charge in [-0.1, -0.05) is 98.8 Å². The van der Waals surface area contributed by atoms with Crippen LogP contribution in [0.3, 0.4) is 0 Å². The molecule has 0 unspecified atom stereocenters. The van der Waals surface area contributed by atoms with Crippen LogP contribution in [-0.2, 0) is 5.41 Å². The molecule has 2 nitrogen and oxygen atoms in total. The molecule has 6 aromatic carbocycles. The summed E-state index contributed by atoms with van der Waals surface area (Å²) in [5.74, 6) is 0. The summed E-state index contributed by atoms with van der Waals surface area (Å²) in [6.07, 6.45) is 0. The Morgan fingerprint density at radius 3 is 1.93 bits per heavy atom. The summed E-state index contributed by atoms with van der Waals surface area (Å²) in [6, 6.07) is 46.2. The Morgan fingerprint density at radius 1 is 0.512 bits per heavy atom. The molecule has 2 heteroatoms. The van der Waals surface area contributed by atoms with Crippen molar-refractivity contribution in [3.05, 3.63) is 139 Å². The lowest BCUT2D eigenvalue weighted by atomic mass is 9.82. The first kappa shape index (κ1) is 22.7. The minimum Gasteiger partial charge on any atom is -0.456 e. The molecule has 1 aliphatic rings. The highest BCUT2D eigenvalue weighted by Crippen LogP contribution is 2.51. The summed E-state index contributed by atoms with van der Waals surface area (Å²) in [5, 5.41) is 4.91. The zero-order valence-electron chi connectivity index (χ0n) is 23.0. The molecule has 0 N–H and O–H groups in total. The molecule has 0 aliphatic heterocycles. The van der Waals surface area contributed by atoms with Gasteiger partial charge in [-0.2, -0.15) is 0 Å². The van der Waals surface area contributed by atoms with Crippen LogP contribution in [0.15, 0.2) is 132 Å². The van der Waals surface area contributed by atoms with Gasteiger partial charge in [0.25, 0.3) is 0 Å². The lowest BCUT2D eigenvalue weighted by Gasteiger charge is -2.21. The van der Waals surface area contributed by atoms with E-state index in [2.05, 4.69) is 146 Å². The van der Waals surface area contributed by atoms with E-state index >= 15 is 0 Å². The quantitative estimate of drug-likeness (QED) is 0.219. The minimum atomic E-state index is -0.0510. The number of nitrogens with zero attached hydrogens (tertiary/aromatic N) is 1. The van der Waals surface area contributed by atoms with Crippen molar-refractivity contribution in [1.29, 1.82) is 0 Å². The fourth-order valence-electron chi connectivity index (χ4n) is 7.25. The summed E-state index contributed by atoms with van der Waals surface area (Å²) < 4.78 is 8.87. The van der Waals surface area contributed by atoms with E-state index in [0.717, 1.165) is 16.9 Å². The fourth-order valence-corrected chi connectivity index (χ4v) is 7.25. The first-order chi connectivity index (χ1) is 20.1. The number of aromatic nitrogens is 1. The number of benzene rings is 6. The van der Waals surface area contributed by atoms with Crippen LogP contribution in [0.4, 0.5) is 0 Å². The van der Waals surface area contributed by atoms with Crippen molar-refractivity contribution in [1.82, 2.24) is 4.57 Å². The molecular formula is C39H27NO. The van der Waals surface area contributed by atoms with Crippen LogP contribution in [0.25, 0.3) is 71.7 Å². The van der Waals surface area contributed by atoms with Crippen molar-refractivity contribution in [2.24, 2.45) is 0 Å². The van der Waals surface area contributed by atoms with Crippen molar-refractivity contribution < 1.29 is 4.42 Å². The molecule has 0 saturated carbocycles. The lowest BCUT2D eigenvalue weighted by molar-refractivity contribution is 0.647. The van der Waals surface area contributed by atoms with Crippen LogP contribution in [0.5, 0.6) is 0 Å². The van der Waals surface area contributed by atoms with Gasteiger partial charge in [0, 0.05) is 32.6 Å². The number of fused-ring (bicyclic) bond motifs is 9. The average molecular weight is 526 g/mol. The van der Waals surface area contributed by atoms with Crippen molar-refractivity contribution in [3.63, 3.8) is 0 Å². The highest BCUT2D eigenvalue weighted by Gasteiger charge is 2.36. The van der Waals surface area contributed by atoms with E-state index in [-0.39, 0.29) is 5.41 Å². The second kappa shape index (κ2) is 7.99. The molecule has 9 rings (SSSR count).